The number of amides is 1. The maximum atomic E-state index is 11.9. The van der Waals surface area contributed by atoms with Gasteiger partial charge < -0.3 is 10.1 Å². The molecule has 2 aromatic rings. The number of nitrogens with one attached hydrogen (secondary N) is 1. The molecule has 9 nitrogen and oxygen atoms in total. The van der Waals surface area contributed by atoms with Crippen molar-refractivity contribution >= 4 is 34.9 Å². The number of halogens is 1. The quantitative estimate of drug-likeness (QED) is 0.467. The second-order valence-electron chi connectivity index (χ2n) is 5.61. The number of carbonyl (C=O) groups excluding carboxylic acids is 2. The molecule has 2 rings (SSSR count). The van der Waals surface area contributed by atoms with Crippen LogP contribution in [0.4, 0.5) is 11.4 Å². The lowest BCUT2D eigenvalue weighted by Crippen LogP contribution is -2.23. The Hall–Kier alpha value is -2.94. The molecule has 0 bridgehead atoms. The van der Waals surface area contributed by atoms with Crippen LogP contribution in [0.15, 0.2) is 18.2 Å². The summed E-state index contributed by atoms with van der Waals surface area (Å²) in [5.41, 5.74) is 1.65. The molecule has 1 amide bonds. The fourth-order valence-electron chi connectivity index (χ4n) is 2.29. The largest absolute Gasteiger partial charge is 0.454 e. The van der Waals surface area contributed by atoms with Crippen LogP contribution in [0.2, 0.25) is 5.02 Å². The number of hydrogen-bond donors (Lipinski definition) is 1. The van der Waals surface area contributed by atoms with Gasteiger partial charge in [-0.3, -0.25) is 24.4 Å². The summed E-state index contributed by atoms with van der Waals surface area (Å²) < 4.78 is 6.06. The maximum absolute atomic E-state index is 11.9. The summed E-state index contributed by atoms with van der Waals surface area (Å²) in [6.45, 7) is 3.97. The van der Waals surface area contributed by atoms with Gasteiger partial charge in [-0.2, -0.15) is 5.10 Å². The Labute approximate surface area is 154 Å². The van der Waals surface area contributed by atoms with E-state index in [2.05, 4.69) is 10.4 Å². The first-order chi connectivity index (χ1) is 12.2. The molecule has 0 spiro atoms. The van der Waals surface area contributed by atoms with E-state index in [1.807, 2.05) is 6.92 Å². The molecule has 0 radical (unpaired) electrons. The number of esters is 1. The van der Waals surface area contributed by atoms with E-state index in [1.165, 1.54) is 18.5 Å². The number of aryl methyl sites for hydroxylation is 2. The lowest BCUT2D eigenvalue weighted by molar-refractivity contribution is -0.386. The summed E-state index contributed by atoms with van der Waals surface area (Å²) in [7, 11) is 0. The fourth-order valence-corrected chi connectivity index (χ4v) is 2.47. The van der Waals surface area contributed by atoms with Crippen LogP contribution < -0.4 is 5.32 Å². The number of nitro groups is 1. The Morgan fingerprint density at radius 3 is 2.62 bits per heavy atom. The predicted octanol–water partition coefficient (Wildman–Crippen LogP) is 2.55. The van der Waals surface area contributed by atoms with Gasteiger partial charge in [-0.05, 0) is 38.5 Å². The SMILES string of the molecule is Cc1ccc(NC(=O)COC(=O)Cn2nc(C)c([N+](=O)[O-])c2C)cc1Cl. The van der Waals surface area contributed by atoms with Crippen molar-refractivity contribution < 1.29 is 19.2 Å². The maximum Gasteiger partial charge on any atom is 0.328 e. The number of nitrogens with zero attached hydrogens (tertiary/aromatic N) is 3. The number of rotatable bonds is 6. The Morgan fingerprint density at radius 1 is 1.35 bits per heavy atom. The number of anilines is 1. The van der Waals surface area contributed by atoms with Crippen LogP contribution in [-0.4, -0.2) is 33.2 Å². The fraction of sp³-hybridized carbons (Fsp3) is 0.312. The highest BCUT2D eigenvalue weighted by Crippen LogP contribution is 2.22. The van der Waals surface area contributed by atoms with Crippen molar-refractivity contribution in [3.8, 4) is 0 Å². The van der Waals surface area contributed by atoms with Crippen LogP contribution in [0.5, 0.6) is 0 Å². The Morgan fingerprint density at radius 2 is 2.04 bits per heavy atom. The average molecular weight is 381 g/mol. The van der Waals surface area contributed by atoms with Gasteiger partial charge in [0.25, 0.3) is 5.91 Å². The zero-order chi connectivity index (χ0) is 19.4. The minimum absolute atomic E-state index is 0.146. The molecule has 0 fully saturated rings. The molecule has 0 aliphatic rings. The summed E-state index contributed by atoms with van der Waals surface area (Å²) >= 11 is 5.97. The Bertz CT molecular complexity index is 878. The molecule has 1 aromatic heterocycles. The zero-order valence-electron chi connectivity index (χ0n) is 14.4. The van der Waals surface area contributed by atoms with E-state index in [-0.39, 0.29) is 23.6 Å². The van der Waals surface area contributed by atoms with Crippen LogP contribution in [0.25, 0.3) is 0 Å². The number of hydrogen-bond acceptors (Lipinski definition) is 6. The topological polar surface area (TPSA) is 116 Å². The summed E-state index contributed by atoms with van der Waals surface area (Å²) in [4.78, 5) is 34.1. The van der Waals surface area contributed by atoms with Crippen LogP contribution in [0, 0.1) is 30.9 Å². The van der Waals surface area contributed by atoms with Gasteiger partial charge in [-0.25, -0.2) is 0 Å². The minimum Gasteiger partial charge on any atom is -0.454 e. The number of ether oxygens (including phenoxy) is 1. The lowest BCUT2D eigenvalue weighted by atomic mass is 10.2. The molecular weight excluding hydrogens is 364 g/mol. The van der Waals surface area contributed by atoms with Gasteiger partial charge in [0.15, 0.2) is 6.61 Å². The second-order valence-corrected chi connectivity index (χ2v) is 6.01. The van der Waals surface area contributed by atoms with E-state index in [1.54, 1.807) is 18.2 Å². The highest BCUT2D eigenvalue weighted by atomic mass is 35.5. The molecule has 0 aliphatic carbocycles. The average Bonchev–Trinajstić information content (AvgIpc) is 2.83. The third kappa shape index (κ3) is 4.57. The second kappa shape index (κ2) is 7.96. The van der Waals surface area contributed by atoms with Crippen LogP contribution in [0.1, 0.15) is 17.0 Å². The summed E-state index contributed by atoms with van der Waals surface area (Å²) in [5.74, 6) is -1.26. The van der Waals surface area contributed by atoms with Crippen molar-refractivity contribution in [1.29, 1.82) is 0 Å². The van der Waals surface area contributed by atoms with Gasteiger partial charge in [0.1, 0.15) is 17.9 Å². The minimum atomic E-state index is -0.734. The molecule has 1 heterocycles. The van der Waals surface area contributed by atoms with E-state index in [0.717, 1.165) is 5.56 Å². The Kier molecular flexibility index (Phi) is 5.93. The number of aromatic nitrogens is 2. The summed E-state index contributed by atoms with van der Waals surface area (Å²) in [6.07, 6.45) is 0. The predicted molar refractivity (Wildman–Crippen MR) is 94.1 cm³/mol. The first-order valence-corrected chi connectivity index (χ1v) is 7.97. The van der Waals surface area contributed by atoms with E-state index in [4.69, 9.17) is 16.3 Å². The molecule has 26 heavy (non-hydrogen) atoms. The van der Waals surface area contributed by atoms with E-state index >= 15 is 0 Å². The van der Waals surface area contributed by atoms with Gasteiger partial charge in [0.05, 0.1) is 4.92 Å². The van der Waals surface area contributed by atoms with Crippen molar-refractivity contribution in [3.05, 3.63) is 50.3 Å². The van der Waals surface area contributed by atoms with Crippen LogP contribution >= 0.6 is 11.6 Å². The smallest absolute Gasteiger partial charge is 0.328 e. The van der Waals surface area contributed by atoms with Crippen LogP contribution in [-0.2, 0) is 20.9 Å². The summed E-state index contributed by atoms with van der Waals surface area (Å²) in [5, 5.41) is 18.0. The number of benzene rings is 1. The summed E-state index contributed by atoms with van der Waals surface area (Å²) in [6, 6.07) is 5.02. The molecular formula is C16H17ClN4O5. The van der Waals surface area contributed by atoms with E-state index in [9.17, 15) is 19.7 Å². The standard InChI is InChI=1S/C16H17ClN4O5/c1-9-4-5-12(6-13(9)17)18-14(22)8-26-15(23)7-20-11(3)16(21(24)25)10(2)19-20/h4-6H,7-8H2,1-3H3,(H,18,22). The first kappa shape index (κ1) is 19.4. The van der Waals surface area contributed by atoms with Gasteiger partial charge in [-0.15, -0.1) is 0 Å². The zero-order valence-corrected chi connectivity index (χ0v) is 15.2. The van der Waals surface area contributed by atoms with Gasteiger partial charge in [0, 0.05) is 10.7 Å². The van der Waals surface area contributed by atoms with Crippen molar-refractivity contribution in [2.45, 2.75) is 27.3 Å². The molecule has 1 N–H and O–H groups in total. The van der Waals surface area contributed by atoms with Crippen LogP contribution in [0.3, 0.4) is 0 Å². The molecule has 0 unspecified atom stereocenters. The van der Waals surface area contributed by atoms with Gasteiger partial charge in [-0.1, -0.05) is 17.7 Å². The molecule has 10 heteroatoms. The Balaban J connectivity index is 1.90. The normalized spacial score (nSPS) is 10.5. The molecule has 1 aromatic carbocycles. The molecule has 0 saturated heterocycles. The third-order valence-electron chi connectivity index (χ3n) is 3.62. The highest BCUT2D eigenvalue weighted by Gasteiger charge is 2.23. The van der Waals surface area contributed by atoms with E-state index in [0.29, 0.717) is 10.7 Å². The number of carbonyl (C=O) groups is 2. The van der Waals surface area contributed by atoms with Gasteiger partial charge in [0.2, 0.25) is 0 Å². The highest BCUT2D eigenvalue weighted by molar-refractivity contribution is 6.31. The molecule has 138 valence electrons. The van der Waals surface area contributed by atoms with Crippen molar-refractivity contribution in [2.24, 2.45) is 0 Å². The van der Waals surface area contributed by atoms with Crippen molar-refractivity contribution in [3.63, 3.8) is 0 Å². The molecule has 0 aliphatic heterocycles. The molecule has 0 atom stereocenters. The molecule has 0 saturated carbocycles. The van der Waals surface area contributed by atoms with Gasteiger partial charge >= 0.3 is 11.7 Å². The van der Waals surface area contributed by atoms with Crippen molar-refractivity contribution in [1.82, 2.24) is 9.78 Å². The lowest BCUT2D eigenvalue weighted by Gasteiger charge is -2.08. The third-order valence-corrected chi connectivity index (χ3v) is 4.03. The van der Waals surface area contributed by atoms with E-state index < -0.39 is 23.4 Å². The first-order valence-electron chi connectivity index (χ1n) is 7.59. The monoisotopic (exact) mass is 380 g/mol. The van der Waals surface area contributed by atoms with Crippen molar-refractivity contribution in [2.75, 3.05) is 11.9 Å².